The largest absolute Gasteiger partial charge is 0.490 e. The Bertz CT molecular complexity index is 335. The number of para-hydroxylation sites is 1. The van der Waals surface area contributed by atoms with Crippen LogP contribution in [0, 0.1) is 0 Å². The zero-order chi connectivity index (χ0) is 12.7. The molecule has 0 fully saturated rings. The summed E-state index contributed by atoms with van der Waals surface area (Å²) in [5.41, 5.74) is 6.74. The predicted octanol–water partition coefficient (Wildman–Crippen LogP) is 3.11. The number of hydrogen-bond acceptors (Lipinski definition) is 3. The van der Waals surface area contributed by atoms with E-state index in [1.807, 2.05) is 25.1 Å². The van der Waals surface area contributed by atoms with Crippen LogP contribution in [-0.4, -0.2) is 12.7 Å². The molecular formula is C14H23NO2. The first kappa shape index (κ1) is 13.8. The summed E-state index contributed by atoms with van der Waals surface area (Å²) in [5.74, 6) is 1.60. The minimum atomic E-state index is 0.224. The van der Waals surface area contributed by atoms with Gasteiger partial charge >= 0.3 is 0 Å². The van der Waals surface area contributed by atoms with Gasteiger partial charge in [0.05, 0.1) is 12.7 Å². The second kappa shape index (κ2) is 7.17. The van der Waals surface area contributed by atoms with E-state index in [2.05, 4.69) is 13.8 Å². The quantitative estimate of drug-likeness (QED) is 0.792. The maximum absolute atomic E-state index is 6.01. The highest BCUT2D eigenvalue weighted by Crippen LogP contribution is 2.32. The van der Waals surface area contributed by atoms with Gasteiger partial charge in [0, 0.05) is 12.1 Å². The highest BCUT2D eigenvalue weighted by Gasteiger charge is 2.14. The Morgan fingerprint density at radius 2 is 1.88 bits per heavy atom. The zero-order valence-corrected chi connectivity index (χ0v) is 11.0. The Morgan fingerprint density at radius 3 is 2.41 bits per heavy atom. The summed E-state index contributed by atoms with van der Waals surface area (Å²) in [6.07, 6.45) is 2.20. The molecule has 1 aromatic carbocycles. The molecule has 0 heterocycles. The highest BCUT2D eigenvalue weighted by atomic mass is 16.5. The minimum absolute atomic E-state index is 0.224. The van der Waals surface area contributed by atoms with E-state index < -0.39 is 0 Å². The standard InChI is InChI=1S/C14H23NO2/c1-4-12(5-2)17-14-11(10-15)8-7-9-13(14)16-6-3/h7-9,12H,4-6,10,15H2,1-3H3. The third-order valence-corrected chi connectivity index (χ3v) is 2.78. The van der Waals surface area contributed by atoms with Crippen molar-refractivity contribution in [2.45, 2.75) is 46.3 Å². The molecule has 2 N–H and O–H groups in total. The molecule has 3 heteroatoms. The second-order valence-corrected chi connectivity index (χ2v) is 3.94. The van der Waals surface area contributed by atoms with E-state index in [0.717, 1.165) is 29.9 Å². The topological polar surface area (TPSA) is 44.5 Å². The third kappa shape index (κ3) is 3.63. The van der Waals surface area contributed by atoms with Crippen molar-refractivity contribution in [3.63, 3.8) is 0 Å². The molecule has 1 aromatic rings. The van der Waals surface area contributed by atoms with Gasteiger partial charge in [-0.25, -0.2) is 0 Å². The van der Waals surface area contributed by atoms with Crippen LogP contribution in [-0.2, 0) is 6.54 Å². The van der Waals surface area contributed by atoms with Gasteiger partial charge in [0.1, 0.15) is 0 Å². The summed E-state index contributed by atoms with van der Waals surface area (Å²) in [5, 5.41) is 0. The molecule has 0 aromatic heterocycles. The number of nitrogens with two attached hydrogens (primary N) is 1. The van der Waals surface area contributed by atoms with E-state index in [1.54, 1.807) is 0 Å². The second-order valence-electron chi connectivity index (χ2n) is 3.94. The maximum atomic E-state index is 6.01. The first-order valence-corrected chi connectivity index (χ1v) is 6.38. The number of rotatable bonds is 7. The molecule has 0 radical (unpaired) electrons. The smallest absolute Gasteiger partial charge is 0.166 e. The van der Waals surface area contributed by atoms with Gasteiger partial charge in [-0.1, -0.05) is 26.0 Å². The van der Waals surface area contributed by atoms with E-state index >= 15 is 0 Å². The van der Waals surface area contributed by atoms with E-state index in [9.17, 15) is 0 Å². The lowest BCUT2D eigenvalue weighted by atomic mass is 10.1. The van der Waals surface area contributed by atoms with Crippen LogP contribution in [0.4, 0.5) is 0 Å². The average Bonchev–Trinajstić information content (AvgIpc) is 2.37. The normalized spacial score (nSPS) is 10.6. The van der Waals surface area contributed by atoms with Crippen LogP contribution in [0.2, 0.25) is 0 Å². The van der Waals surface area contributed by atoms with Crippen LogP contribution in [0.15, 0.2) is 18.2 Å². The van der Waals surface area contributed by atoms with Crippen molar-refractivity contribution in [3.8, 4) is 11.5 Å². The lowest BCUT2D eigenvalue weighted by Crippen LogP contribution is -2.16. The van der Waals surface area contributed by atoms with Gasteiger partial charge < -0.3 is 15.2 Å². The summed E-state index contributed by atoms with van der Waals surface area (Å²) in [6, 6.07) is 5.87. The molecule has 0 spiro atoms. The van der Waals surface area contributed by atoms with Crippen LogP contribution < -0.4 is 15.2 Å². The molecule has 1 rings (SSSR count). The molecule has 96 valence electrons. The van der Waals surface area contributed by atoms with Crippen molar-refractivity contribution >= 4 is 0 Å². The average molecular weight is 237 g/mol. The molecule has 3 nitrogen and oxygen atoms in total. The van der Waals surface area contributed by atoms with Gasteiger partial charge in [0.2, 0.25) is 0 Å². The van der Waals surface area contributed by atoms with Crippen molar-refractivity contribution in [1.29, 1.82) is 0 Å². The monoisotopic (exact) mass is 237 g/mol. The van der Waals surface area contributed by atoms with Gasteiger partial charge in [-0.3, -0.25) is 0 Å². The molecule has 17 heavy (non-hydrogen) atoms. The Kier molecular flexibility index (Phi) is 5.84. The highest BCUT2D eigenvalue weighted by molar-refractivity contribution is 5.46. The van der Waals surface area contributed by atoms with Crippen LogP contribution in [0.3, 0.4) is 0 Å². The molecule has 0 amide bonds. The summed E-state index contributed by atoms with van der Waals surface area (Å²) < 4.78 is 11.6. The van der Waals surface area contributed by atoms with E-state index in [1.165, 1.54) is 0 Å². The fourth-order valence-electron chi connectivity index (χ4n) is 1.75. The molecule has 0 aliphatic rings. The summed E-state index contributed by atoms with van der Waals surface area (Å²) in [7, 11) is 0. The maximum Gasteiger partial charge on any atom is 0.166 e. The molecule has 0 bridgehead atoms. The Labute approximate surface area is 104 Å². The van der Waals surface area contributed by atoms with Crippen LogP contribution in [0.5, 0.6) is 11.5 Å². The van der Waals surface area contributed by atoms with Crippen molar-refractivity contribution in [2.24, 2.45) is 5.73 Å². The fourth-order valence-corrected chi connectivity index (χ4v) is 1.75. The van der Waals surface area contributed by atoms with E-state index in [4.69, 9.17) is 15.2 Å². The molecule has 0 saturated carbocycles. The predicted molar refractivity (Wildman–Crippen MR) is 70.5 cm³/mol. The number of hydrogen-bond donors (Lipinski definition) is 1. The van der Waals surface area contributed by atoms with Crippen molar-refractivity contribution in [3.05, 3.63) is 23.8 Å². The van der Waals surface area contributed by atoms with Gasteiger partial charge in [0.15, 0.2) is 11.5 Å². The summed E-state index contributed by atoms with van der Waals surface area (Å²) in [4.78, 5) is 0. The number of benzene rings is 1. The Balaban J connectivity index is 2.99. The van der Waals surface area contributed by atoms with E-state index in [-0.39, 0.29) is 6.10 Å². The lowest BCUT2D eigenvalue weighted by Gasteiger charge is -2.20. The SMILES string of the molecule is CCOc1cccc(CN)c1OC(CC)CC. The van der Waals surface area contributed by atoms with Crippen molar-refractivity contribution in [2.75, 3.05) is 6.61 Å². The Hall–Kier alpha value is -1.22. The molecule has 0 aliphatic heterocycles. The fraction of sp³-hybridized carbons (Fsp3) is 0.571. The van der Waals surface area contributed by atoms with Gasteiger partial charge in [0.25, 0.3) is 0 Å². The van der Waals surface area contributed by atoms with Gasteiger partial charge in [-0.05, 0) is 25.8 Å². The van der Waals surface area contributed by atoms with E-state index in [0.29, 0.717) is 13.2 Å². The molecule has 0 atom stereocenters. The zero-order valence-electron chi connectivity index (χ0n) is 11.0. The van der Waals surface area contributed by atoms with Crippen molar-refractivity contribution in [1.82, 2.24) is 0 Å². The summed E-state index contributed by atoms with van der Waals surface area (Å²) >= 11 is 0. The lowest BCUT2D eigenvalue weighted by molar-refractivity contribution is 0.180. The van der Waals surface area contributed by atoms with Gasteiger partial charge in [-0.2, -0.15) is 0 Å². The molecule has 0 aliphatic carbocycles. The van der Waals surface area contributed by atoms with Crippen LogP contribution in [0.25, 0.3) is 0 Å². The van der Waals surface area contributed by atoms with Crippen molar-refractivity contribution < 1.29 is 9.47 Å². The minimum Gasteiger partial charge on any atom is -0.490 e. The van der Waals surface area contributed by atoms with Crippen LogP contribution in [0.1, 0.15) is 39.2 Å². The Morgan fingerprint density at radius 1 is 1.18 bits per heavy atom. The number of ether oxygens (including phenoxy) is 2. The first-order chi connectivity index (χ1) is 8.26. The first-order valence-electron chi connectivity index (χ1n) is 6.38. The van der Waals surface area contributed by atoms with Crippen LogP contribution >= 0.6 is 0 Å². The summed E-state index contributed by atoms with van der Waals surface area (Å²) in [6.45, 7) is 7.32. The molecular weight excluding hydrogens is 214 g/mol. The third-order valence-electron chi connectivity index (χ3n) is 2.78. The molecule has 0 saturated heterocycles. The molecule has 0 unspecified atom stereocenters. The van der Waals surface area contributed by atoms with Gasteiger partial charge in [-0.15, -0.1) is 0 Å².